The van der Waals surface area contributed by atoms with Crippen LogP contribution in [-0.4, -0.2) is 12.1 Å². The number of aryl methyl sites for hydroxylation is 1. The van der Waals surface area contributed by atoms with E-state index in [-0.39, 0.29) is 5.43 Å². The molecule has 2 rings (SSSR count). The highest BCUT2D eigenvalue weighted by molar-refractivity contribution is 5.83. The van der Waals surface area contributed by atoms with Crippen LogP contribution in [0.1, 0.15) is 5.56 Å². The summed E-state index contributed by atoms with van der Waals surface area (Å²) in [5.41, 5.74) is 1.84. The lowest BCUT2D eigenvalue weighted by atomic mass is 10.1. The average Bonchev–Trinajstić information content (AvgIpc) is 2.20. The molecule has 72 valence electrons. The topological polar surface area (TPSA) is 42.1 Å². The lowest BCUT2D eigenvalue weighted by molar-refractivity contribution is 0.412. The molecule has 0 unspecified atom stereocenters. The standard InChI is InChI=1S/C11H11NO2/c1-7-10(14-2)4-3-8-9(13)5-6-12-11(7)8/h3-6H,1-2H3,(H,12,13). The Morgan fingerprint density at radius 3 is 2.79 bits per heavy atom. The van der Waals surface area contributed by atoms with Gasteiger partial charge >= 0.3 is 0 Å². The summed E-state index contributed by atoms with van der Waals surface area (Å²) in [5, 5.41) is 0.700. The minimum atomic E-state index is 0.0319. The molecule has 0 saturated heterocycles. The molecular weight excluding hydrogens is 178 g/mol. The van der Waals surface area contributed by atoms with Gasteiger partial charge in [0, 0.05) is 23.2 Å². The van der Waals surface area contributed by atoms with Crippen molar-refractivity contribution < 1.29 is 4.74 Å². The van der Waals surface area contributed by atoms with Crippen LogP contribution in [0.3, 0.4) is 0 Å². The average molecular weight is 189 g/mol. The van der Waals surface area contributed by atoms with E-state index in [1.807, 2.05) is 13.0 Å². The van der Waals surface area contributed by atoms with E-state index in [4.69, 9.17) is 4.74 Å². The van der Waals surface area contributed by atoms with Crippen molar-refractivity contribution in [3.8, 4) is 5.75 Å². The first-order chi connectivity index (χ1) is 6.74. The lowest BCUT2D eigenvalue weighted by Crippen LogP contribution is -2.01. The predicted octanol–water partition coefficient (Wildman–Crippen LogP) is 1.85. The molecule has 0 radical (unpaired) electrons. The molecule has 0 atom stereocenters. The van der Waals surface area contributed by atoms with Crippen LogP contribution in [0.15, 0.2) is 29.2 Å². The molecule has 3 nitrogen and oxygen atoms in total. The van der Waals surface area contributed by atoms with E-state index in [9.17, 15) is 4.79 Å². The number of aromatic nitrogens is 1. The second-order valence-electron chi connectivity index (χ2n) is 3.16. The minimum Gasteiger partial charge on any atom is -0.496 e. The number of hydrogen-bond donors (Lipinski definition) is 1. The highest BCUT2D eigenvalue weighted by Crippen LogP contribution is 2.23. The quantitative estimate of drug-likeness (QED) is 0.743. The fourth-order valence-corrected chi connectivity index (χ4v) is 1.60. The van der Waals surface area contributed by atoms with Crippen LogP contribution in [-0.2, 0) is 0 Å². The molecule has 0 bridgehead atoms. The molecule has 0 aliphatic rings. The summed E-state index contributed by atoms with van der Waals surface area (Å²) in [6.07, 6.45) is 1.65. The van der Waals surface area contributed by atoms with Crippen LogP contribution in [0, 0.1) is 6.92 Å². The zero-order valence-corrected chi connectivity index (χ0v) is 8.13. The molecule has 14 heavy (non-hydrogen) atoms. The van der Waals surface area contributed by atoms with E-state index in [2.05, 4.69) is 4.98 Å². The Balaban J connectivity index is 2.91. The molecular formula is C11H11NO2. The van der Waals surface area contributed by atoms with Crippen LogP contribution in [0.4, 0.5) is 0 Å². The molecule has 1 heterocycles. The Bertz CT molecular complexity index is 528. The van der Waals surface area contributed by atoms with Crippen molar-refractivity contribution >= 4 is 10.9 Å². The van der Waals surface area contributed by atoms with Gasteiger partial charge in [0.25, 0.3) is 0 Å². The Kier molecular flexibility index (Phi) is 2.00. The van der Waals surface area contributed by atoms with Crippen LogP contribution in [0.25, 0.3) is 10.9 Å². The van der Waals surface area contributed by atoms with Crippen LogP contribution in [0.2, 0.25) is 0 Å². The summed E-state index contributed by atoms with van der Waals surface area (Å²) < 4.78 is 5.17. The van der Waals surface area contributed by atoms with E-state index < -0.39 is 0 Å². The summed E-state index contributed by atoms with van der Waals surface area (Å²) >= 11 is 0. The molecule has 2 aromatic rings. The number of methoxy groups -OCH3 is 1. The van der Waals surface area contributed by atoms with Crippen LogP contribution in [0.5, 0.6) is 5.75 Å². The number of fused-ring (bicyclic) bond motifs is 1. The highest BCUT2D eigenvalue weighted by Gasteiger charge is 2.05. The number of pyridine rings is 1. The minimum absolute atomic E-state index is 0.0319. The summed E-state index contributed by atoms with van der Waals surface area (Å²) in [5.74, 6) is 0.791. The Morgan fingerprint density at radius 2 is 2.07 bits per heavy atom. The van der Waals surface area contributed by atoms with Gasteiger partial charge in [-0.25, -0.2) is 0 Å². The van der Waals surface area contributed by atoms with Crippen molar-refractivity contribution in [1.29, 1.82) is 0 Å². The summed E-state index contributed by atoms with van der Waals surface area (Å²) in [6, 6.07) is 5.11. The van der Waals surface area contributed by atoms with E-state index in [0.717, 1.165) is 16.8 Å². The molecule has 0 spiro atoms. The maximum atomic E-state index is 11.5. The number of rotatable bonds is 1. The lowest BCUT2D eigenvalue weighted by Gasteiger charge is -2.06. The van der Waals surface area contributed by atoms with Crippen molar-refractivity contribution in [3.63, 3.8) is 0 Å². The van der Waals surface area contributed by atoms with Gasteiger partial charge in [0.15, 0.2) is 5.43 Å². The van der Waals surface area contributed by atoms with Gasteiger partial charge in [-0.15, -0.1) is 0 Å². The van der Waals surface area contributed by atoms with Gasteiger partial charge in [0.1, 0.15) is 5.75 Å². The third-order valence-electron chi connectivity index (χ3n) is 2.36. The summed E-state index contributed by atoms with van der Waals surface area (Å²) in [4.78, 5) is 14.5. The van der Waals surface area contributed by atoms with Gasteiger partial charge in [-0.3, -0.25) is 4.79 Å². The van der Waals surface area contributed by atoms with Gasteiger partial charge < -0.3 is 9.72 Å². The second kappa shape index (κ2) is 3.18. The number of nitrogens with one attached hydrogen (secondary N) is 1. The maximum absolute atomic E-state index is 11.5. The summed E-state index contributed by atoms with van der Waals surface area (Å²) in [7, 11) is 1.62. The summed E-state index contributed by atoms with van der Waals surface area (Å²) in [6.45, 7) is 1.93. The number of ether oxygens (including phenoxy) is 1. The number of benzene rings is 1. The first-order valence-corrected chi connectivity index (χ1v) is 4.39. The van der Waals surface area contributed by atoms with Crippen molar-refractivity contribution in [2.24, 2.45) is 0 Å². The Labute approximate surface area is 81.3 Å². The van der Waals surface area contributed by atoms with E-state index >= 15 is 0 Å². The van der Waals surface area contributed by atoms with Crippen molar-refractivity contribution in [1.82, 2.24) is 4.98 Å². The van der Waals surface area contributed by atoms with Gasteiger partial charge in [0.05, 0.1) is 12.6 Å². The van der Waals surface area contributed by atoms with Gasteiger partial charge in [0.2, 0.25) is 0 Å². The predicted molar refractivity (Wildman–Crippen MR) is 55.9 cm³/mol. The number of hydrogen-bond acceptors (Lipinski definition) is 2. The molecule has 1 aromatic heterocycles. The smallest absolute Gasteiger partial charge is 0.189 e. The zero-order chi connectivity index (χ0) is 10.1. The normalized spacial score (nSPS) is 10.4. The molecule has 3 heteroatoms. The highest BCUT2D eigenvalue weighted by atomic mass is 16.5. The van der Waals surface area contributed by atoms with Crippen LogP contribution >= 0.6 is 0 Å². The third kappa shape index (κ3) is 1.18. The number of aromatic amines is 1. The second-order valence-corrected chi connectivity index (χ2v) is 3.16. The monoisotopic (exact) mass is 189 g/mol. The molecule has 0 aliphatic carbocycles. The van der Waals surface area contributed by atoms with Crippen molar-refractivity contribution in [3.05, 3.63) is 40.2 Å². The zero-order valence-electron chi connectivity index (χ0n) is 8.13. The molecule has 0 fully saturated rings. The van der Waals surface area contributed by atoms with E-state index in [0.29, 0.717) is 5.39 Å². The molecule has 0 aliphatic heterocycles. The van der Waals surface area contributed by atoms with Crippen LogP contribution < -0.4 is 10.2 Å². The third-order valence-corrected chi connectivity index (χ3v) is 2.36. The Hall–Kier alpha value is -1.77. The first-order valence-electron chi connectivity index (χ1n) is 4.39. The van der Waals surface area contributed by atoms with Gasteiger partial charge in [-0.2, -0.15) is 0 Å². The van der Waals surface area contributed by atoms with Crippen molar-refractivity contribution in [2.75, 3.05) is 7.11 Å². The van der Waals surface area contributed by atoms with Crippen molar-refractivity contribution in [2.45, 2.75) is 6.92 Å². The fraction of sp³-hybridized carbons (Fsp3) is 0.182. The Morgan fingerprint density at radius 1 is 1.29 bits per heavy atom. The van der Waals surface area contributed by atoms with Gasteiger partial charge in [-0.05, 0) is 19.1 Å². The SMILES string of the molecule is COc1ccc2c(=O)cc[nH]c2c1C. The van der Waals surface area contributed by atoms with Gasteiger partial charge in [-0.1, -0.05) is 0 Å². The maximum Gasteiger partial charge on any atom is 0.189 e. The largest absolute Gasteiger partial charge is 0.496 e. The molecule has 1 aromatic carbocycles. The number of H-pyrrole nitrogens is 1. The molecule has 1 N–H and O–H groups in total. The van der Waals surface area contributed by atoms with E-state index in [1.54, 1.807) is 19.4 Å². The van der Waals surface area contributed by atoms with E-state index in [1.165, 1.54) is 6.07 Å². The molecule has 0 amide bonds. The fourth-order valence-electron chi connectivity index (χ4n) is 1.60. The molecule has 0 saturated carbocycles. The first kappa shape index (κ1) is 8.81.